The maximum atomic E-state index is 13.5. The standard InChI is InChI=1S/C11H11Cl2F2NO4S/c1-5(20-2)4-16-11(17)6-3-7(14)9(15)10(8(6)12)21(13,18)19/h3,5H,4H2,1-2H3,(H,16,17). The summed E-state index contributed by atoms with van der Waals surface area (Å²) in [5, 5.41) is 1.55. The largest absolute Gasteiger partial charge is 0.380 e. The summed E-state index contributed by atoms with van der Waals surface area (Å²) in [6.45, 7) is 1.72. The number of carbonyl (C=O) groups excluding carboxylic acids is 1. The summed E-state index contributed by atoms with van der Waals surface area (Å²) in [4.78, 5) is 10.6. The van der Waals surface area contributed by atoms with Crippen LogP contribution in [0.5, 0.6) is 0 Å². The second-order valence-corrected chi connectivity index (χ2v) is 6.94. The van der Waals surface area contributed by atoms with E-state index in [0.717, 1.165) is 0 Å². The lowest BCUT2D eigenvalue weighted by Crippen LogP contribution is -2.32. The molecule has 0 heterocycles. The first kappa shape index (κ1) is 18.1. The van der Waals surface area contributed by atoms with Crippen molar-refractivity contribution in [3.63, 3.8) is 0 Å². The van der Waals surface area contributed by atoms with Crippen molar-refractivity contribution in [2.45, 2.75) is 17.9 Å². The predicted molar refractivity (Wildman–Crippen MR) is 73.2 cm³/mol. The number of ether oxygens (including phenoxy) is 1. The zero-order valence-corrected chi connectivity index (χ0v) is 13.2. The van der Waals surface area contributed by atoms with Crippen LogP contribution in [0.15, 0.2) is 11.0 Å². The quantitative estimate of drug-likeness (QED) is 0.645. The van der Waals surface area contributed by atoms with E-state index in [0.29, 0.717) is 6.07 Å². The molecule has 5 nitrogen and oxygen atoms in total. The van der Waals surface area contributed by atoms with Gasteiger partial charge in [0, 0.05) is 24.3 Å². The van der Waals surface area contributed by atoms with E-state index >= 15 is 0 Å². The van der Waals surface area contributed by atoms with Crippen molar-refractivity contribution < 1.29 is 26.7 Å². The summed E-state index contributed by atoms with van der Waals surface area (Å²) in [7, 11) is 1.76. The Balaban J connectivity index is 3.27. The number of hydrogen-bond acceptors (Lipinski definition) is 4. The number of rotatable bonds is 5. The fourth-order valence-electron chi connectivity index (χ4n) is 1.37. The average molecular weight is 362 g/mol. The highest BCUT2D eigenvalue weighted by Crippen LogP contribution is 2.32. The molecule has 0 bridgehead atoms. The molecule has 0 saturated heterocycles. The van der Waals surface area contributed by atoms with Crippen molar-refractivity contribution in [2.75, 3.05) is 13.7 Å². The van der Waals surface area contributed by atoms with E-state index in [9.17, 15) is 22.0 Å². The van der Waals surface area contributed by atoms with Gasteiger partial charge in [-0.2, -0.15) is 0 Å². The fourth-order valence-corrected chi connectivity index (χ4v) is 3.09. The second-order valence-electron chi connectivity index (χ2n) is 4.06. The van der Waals surface area contributed by atoms with Gasteiger partial charge >= 0.3 is 0 Å². The van der Waals surface area contributed by atoms with Crippen LogP contribution >= 0.6 is 22.3 Å². The molecule has 0 aliphatic heterocycles. The minimum Gasteiger partial charge on any atom is -0.380 e. The molecule has 1 amide bonds. The Labute approximate surface area is 129 Å². The normalized spacial score (nSPS) is 13.0. The number of amides is 1. The molecular formula is C11H11Cl2F2NO4S. The maximum absolute atomic E-state index is 13.5. The molecule has 1 atom stereocenters. The van der Waals surface area contributed by atoms with Crippen molar-refractivity contribution in [2.24, 2.45) is 0 Å². The van der Waals surface area contributed by atoms with Crippen LogP contribution in [0, 0.1) is 11.6 Å². The molecular weight excluding hydrogens is 351 g/mol. The van der Waals surface area contributed by atoms with E-state index in [1.807, 2.05) is 0 Å². The van der Waals surface area contributed by atoms with Crippen molar-refractivity contribution in [3.8, 4) is 0 Å². The Kier molecular flexibility index (Phi) is 5.92. The molecule has 0 aromatic heterocycles. The highest BCUT2D eigenvalue weighted by Gasteiger charge is 2.28. The van der Waals surface area contributed by atoms with E-state index in [1.54, 1.807) is 6.92 Å². The first-order chi connectivity index (χ1) is 9.59. The van der Waals surface area contributed by atoms with Gasteiger partial charge in [0.2, 0.25) is 0 Å². The van der Waals surface area contributed by atoms with Crippen LogP contribution in [-0.2, 0) is 13.8 Å². The minimum absolute atomic E-state index is 0.0631. The number of methoxy groups -OCH3 is 1. The minimum atomic E-state index is -4.66. The summed E-state index contributed by atoms with van der Waals surface area (Å²) in [5.41, 5.74) is -0.543. The van der Waals surface area contributed by atoms with Gasteiger partial charge in [-0.3, -0.25) is 4.79 Å². The van der Waals surface area contributed by atoms with E-state index in [-0.39, 0.29) is 12.6 Å². The predicted octanol–water partition coefficient (Wildman–Crippen LogP) is 2.31. The Morgan fingerprint density at radius 1 is 1.48 bits per heavy atom. The SMILES string of the molecule is COC(C)CNC(=O)c1cc(F)c(F)c(S(=O)(=O)Cl)c1Cl. The summed E-state index contributed by atoms with van der Waals surface area (Å²) in [5.74, 6) is -4.18. The lowest BCUT2D eigenvalue weighted by atomic mass is 10.2. The lowest BCUT2D eigenvalue weighted by Gasteiger charge is -2.13. The van der Waals surface area contributed by atoms with E-state index in [2.05, 4.69) is 5.32 Å². The number of halogens is 4. The van der Waals surface area contributed by atoms with Crippen LogP contribution in [0.1, 0.15) is 17.3 Å². The zero-order chi connectivity index (χ0) is 16.4. The van der Waals surface area contributed by atoms with Gasteiger partial charge < -0.3 is 10.1 Å². The smallest absolute Gasteiger partial charge is 0.265 e. The average Bonchev–Trinajstić information content (AvgIpc) is 2.38. The molecule has 0 saturated carbocycles. The lowest BCUT2D eigenvalue weighted by molar-refractivity contribution is 0.0870. The molecule has 21 heavy (non-hydrogen) atoms. The third kappa shape index (κ3) is 4.26. The monoisotopic (exact) mass is 361 g/mol. The highest BCUT2D eigenvalue weighted by molar-refractivity contribution is 8.13. The van der Waals surface area contributed by atoms with Crippen LogP contribution in [0.25, 0.3) is 0 Å². The molecule has 0 radical (unpaired) electrons. The molecule has 1 aromatic rings. The molecule has 1 rings (SSSR count). The molecule has 1 N–H and O–H groups in total. The highest BCUT2D eigenvalue weighted by atomic mass is 35.7. The van der Waals surface area contributed by atoms with Gasteiger partial charge in [0.05, 0.1) is 16.7 Å². The van der Waals surface area contributed by atoms with Gasteiger partial charge in [-0.1, -0.05) is 11.6 Å². The first-order valence-corrected chi connectivity index (χ1v) is 8.21. The van der Waals surface area contributed by atoms with Crippen LogP contribution in [0.3, 0.4) is 0 Å². The second kappa shape index (κ2) is 6.87. The van der Waals surface area contributed by atoms with E-state index in [4.69, 9.17) is 27.0 Å². The molecule has 0 aliphatic carbocycles. The zero-order valence-electron chi connectivity index (χ0n) is 10.9. The van der Waals surface area contributed by atoms with Crippen molar-refractivity contribution in [3.05, 3.63) is 28.3 Å². The van der Waals surface area contributed by atoms with Gasteiger partial charge in [-0.25, -0.2) is 17.2 Å². The van der Waals surface area contributed by atoms with Crippen LogP contribution in [0.2, 0.25) is 5.02 Å². The summed E-state index contributed by atoms with van der Waals surface area (Å²) < 4.78 is 54.3. The number of nitrogens with one attached hydrogen (secondary N) is 1. The van der Waals surface area contributed by atoms with Crippen LogP contribution < -0.4 is 5.32 Å². The Morgan fingerprint density at radius 2 is 2.05 bits per heavy atom. The molecule has 10 heteroatoms. The third-order valence-corrected chi connectivity index (χ3v) is 4.40. The van der Waals surface area contributed by atoms with Crippen LogP contribution in [0.4, 0.5) is 8.78 Å². The van der Waals surface area contributed by atoms with Gasteiger partial charge in [-0.15, -0.1) is 0 Å². The summed E-state index contributed by atoms with van der Waals surface area (Å²) >= 11 is 5.65. The fraction of sp³-hybridized carbons (Fsp3) is 0.364. The Morgan fingerprint density at radius 3 is 2.52 bits per heavy atom. The Bertz CT molecular complexity index is 667. The van der Waals surface area contributed by atoms with E-state index < -0.39 is 42.1 Å². The van der Waals surface area contributed by atoms with Gasteiger partial charge in [0.1, 0.15) is 4.90 Å². The number of carbonyl (C=O) groups is 1. The topological polar surface area (TPSA) is 72.5 Å². The Hall–Kier alpha value is -0.960. The van der Waals surface area contributed by atoms with Gasteiger partial charge in [-0.05, 0) is 13.0 Å². The van der Waals surface area contributed by atoms with Gasteiger partial charge in [0.15, 0.2) is 11.6 Å². The van der Waals surface area contributed by atoms with Crippen molar-refractivity contribution in [1.82, 2.24) is 5.32 Å². The molecule has 1 aromatic carbocycles. The summed E-state index contributed by atoms with van der Waals surface area (Å²) in [6, 6.07) is 0.496. The third-order valence-electron chi connectivity index (χ3n) is 2.56. The molecule has 118 valence electrons. The molecule has 1 unspecified atom stereocenters. The van der Waals surface area contributed by atoms with Gasteiger partial charge in [0.25, 0.3) is 15.0 Å². The van der Waals surface area contributed by atoms with Crippen molar-refractivity contribution in [1.29, 1.82) is 0 Å². The van der Waals surface area contributed by atoms with Crippen molar-refractivity contribution >= 4 is 37.2 Å². The van der Waals surface area contributed by atoms with Crippen LogP contribution in [-0.4, -0.2) is 34.1 Å². The molecule has 0 aliphatic rings. The molecule has 0 fully saturated rings. The summed E-state index contributed by atoms with van der Waals surface area (Å²) in [6.07, 6.45) is -0.339. The maximum Gasteiger partial charge on any atom is 0.265 e. The number of hydrogen-bond donors (Lipinski definition) is 1. The first-order valence-electron chi connectivity index (χ1n) is 5.52. The number of benzene rings is 1. The van der Waals surface area contributed by atoms with E-state index in [1.165, 1.54) is 7.11 Å². The molecule has 0 spiro atoms.